The molecule has 1 saturated heterocycles. The molecule has 7 nitrogen and oxygen atoms in total. The van der Waals surface area contributed by atoms with Crippen molar-refractivity contribution >= 4 is 5.95 Å². The lowest BCUT2D eigenvalue weighted by Crippen LogP contribution is -2.34. The van der Waals surface area contributed by atoms with Gasteiger partial charge in [-0.25, -0.2) is 9.97 Å². The van der Waals surface area contributed by atoms with Crippen LogP contribution in [0.4, 0.5) is 5.95 Å². The Labute approximate surface area is 190 Å². The topological polar surface area (TPSA) is 63.6 Å². The maximum atomic E-state index is 5.72. The van der Waals surface area contributed by atoms with Crippen LogP contribution in [-0.4, -0.2) is 54.7 Å². The molecule has 1 aliphatic rings. The van der Waals surface area contributed by atoms with Gasteiger partial charge in [0.2, 0.25) is 5.95 Å². The Hall–Kier alpha value is -3.19. The summed E-state index contributed by atoms with van der Waals surface area (Å²) in [5.74, 6) is 2.20. The fraction of sp³-hybridized carbons (Fsp3) is 0.400. The molecule has 0 amide bonds. The first-order valence-corrected chi connectivity index (χ1v) is 11.0. The van der Waals surface area contributed by atoms with Gasteiger partial charge in [0, 0.05) is 44.8 Å². The summed E-state index contributed by atoms with van der Waals surface area (Å²) in [5.41, 5.74) is 4.06. The van der Waals surface area contributed by atoms with E-state index < -0.39 is 0 Å². The van der Waals surface area contributed by atoms with Crippen LogP contribution in [0.2, 0.25) is 0 Å². The number of piperidine rings is 1. The molecule has 1 aromatic carbocycles. The van der Waals surface area contributed by atoms with Gasteiger partial charge in [-0.3, -0.25) is 9.88 Å². The lowest BCUT2D eigenvalue weighted by Gasteiger charge is -2.36. The number of hydrogen-bond donors (Lipinski definition) is 0. The van der Waals surface area contributed by atoms with Gasteiger partial charge in [0.1, 0.15) is 11.5 Å². The Bertz CT molecular complexity index is 1020. The minimum atomic E-state index is 0.162. The van der Waals surface area contributed by atoms with E-state index in [2.05, 4.69) is 20.9 Å². The second-order valence-corrected chi connectivity index (χ2v) is 8.24. The molecule has 0 aliphatic carbocycles. The van der Waals surface area contributed by atoms with Crippen LogP contribution in [0.1, 0.15) is 36.6 Å². The van der Waals surface area contributed by atoms with Gasteiger partial charge in [-0.05, 0) is 43.1 Å². The summed E-state index contributed by atoms with van der Waals surface area (Å²) < 4.78 is 11.4. The molecular weight excluding hydrogens is 402 g/mol. The van der Waals surface area contributed by atoms with E-state index in [1.54, 1.807) is 14.2 Å². The molecule has 4 rings (SSSR count). The zero-order chi connectivity index (χ0) is 22.5. The van der Waals surface area contributed by atoms with Crippen molar-refractivity contribution in [1.82, 2.24) is 19.9 Å². The molecule has 0 bridgehead atoms. The van der Waals surface area contributed by atoms with Crippen molar-refractivity contribution in [2.75, 3.05) is 39.8 Å². The molecule has 1 fully saturated rings. The zero-order valence-corrected chi connectivity index (χ0v) is 19.3. The first-order valence-electron chi connectivity index (χ1n) is 11.0. The van der Waals surface area contributed by atoms with Crippen molar-refractivity contribution in [3.8, 4) is 22.6 Å². The van der Waals surface area contributed by atoms with Crippen molar-refractivity contribution in [3.63, 3.8) is 0 Å². The third-order valence-electron chi connectivity index (χ3n) is 5.94. The number of nitrogens with zero attached hydrogens (tertiary/aromatic N) is 5. The number of ether oxygens (including phenoxy) is 2. The maximum absolute atomic E-state index is 5.72. The molecule has 2 aromatic heterocycles. The summed E-state index contributed by atoms with van der Waals surface area (Å²) in [5, 5.41) is 0. The Morgan fingerprint density at radius 2 is 1.81 bits per heavy atom. The monoisotopic (exact) mass is 433 g/mol. The number of benzene rings is 1. The summed E-state index contributed by atoms with van der Waals surface area (Å²) >= 11 is 0. The quantitative estimate of drug-likeness (QED) is 0.549. The minimum absolute atomic E-state index is 0.162. The average Bonchev–Trinajstić information content (AvgIpc) is 2.84. The molecule has 168 valence electrons. The lowest BCUT2D eigenvalue weighted by atomic mass is 9.92. The third kappa shape index (κ3) is 4.53. The van der Waals surface area contributed by atoms with Gasteiger partial charge in [0.25, 0.3) is 0 Å². The van der Waals surface area contributed by atoms with Crippen LogP contribution in [0.15, 0.2) is 48.9 Å². The van der Waals surface area contributed by atoms with Gasteiger partial charge in [-0.1, -0.05) is 18.6 Å². The molecule has 1 aliphatic heterocycles. The number of methoxy groups -OCH3 is 2. The molecule has 0 saturated carbocycles. The Balaban J connectivity index is 1.84. The van der Waals surface area contributed by atoms with E-state index in [4.69, 9.17) is 14.5 Å². The predicted octanol–water partition coefficient (Wildman–Crippen LogP) is 4.35. The molecular formula is C25H31N5O2. The molecule has 3 heterocycles. The molecule has 3 aromatic rings. The summed E-state index contributed by atoms with van der Waals surface area (Å²) in [6.07, 6.45) is 9.05. The van der Waals surface area contributed by atoms with Crippen molar-refractivity contribution in [1.29, 1.82) is 0 Å². The van der Waals surface area contributed by atoms with E-state index in [9.17, 15) is 0 Å². The molecule has 32 heavy (non-hydrogen) atoms. The highest BCUT2D eigenvalue weighted by atomic mass is 16.5. The summed E-state index contributed by atoms with van der Waals surface area (Å²) in [7, 11) is 7.30. The van der Waals surface area contributed by atoms with Gasteiger partial charge < -0.3 is 14.4 Å². The van der Waals surface area contributed by atoms with E-state index in [0.29, 0.717) is 5.95 Å². The largest absolute Gasteiger partial charge is 0.496 e. The van der Waals surface area contributed by atoms with Crippen molar-refractivity contribution in [3.05, 3.63) is 60.2 Å². The average molecular weight is 434 g/mol. The van der Waals surface area contributed by atoms with E-state index in [1.165, 1.54) is 12.0 Å². The molecule has 7 heteroatoms. The number of hydrogen-bond acceptors (Lipinski definition) is 7. The van der Waals surface area contributed by atoms with Crippen LogP contribution < -0.4 is 14.4 Å². The molecule has 0 spiro atoms. The Morgan fingerprint density at radius 3 is 2.47 bits per heavy atom. The van der Waals surface area contributed by atoms with Crippen LogP contribution in [0.3, 0.4) is 0 Å². The van der Waals surface area contributed by atoms with E-state index in [1.807, 2.05) is 61.9 Å². The smallest absolute Gasteiger partial charge is 0.225 e. The van der Waals surface area contributed by atoms with Gasteiger partial charge in [0.15, 0.2) is 0 Å². The fourth-order valence-electron chi connectivity index (χ4n) is 4.38. The van der Waals surface area contributed by atoms with E-state index >= 15 is 0 Å². The number of rotatable bonds is 7. The molecule has 0 N–H and O–H groups in total. The van der Waals surface area contributed by atoms with Crippen LogP contribution in [0.25, 0.3) is 11.1 Å². The third-order valence-corrected chi connectivity index (χ3v) is 5.94. The number of aromatic nitrogens is 3. The van der Waals surface area contributed by atoms with Crippen molar-refractivity contribution in [2.45, 2.75) is 31.8 Å². The fourth-order valence-corrected chi connectivity index (χ4v) is 4.38. The van der Waals surface area contributed by atoms with Crippen LogP contribution >= 0.6 is 0 Å². The second kappa shape index (κ2) is 9.96. The summed E-state index contributed by atoms with van der Waals surface area (Å²) in [4.78, 5) is 18.5. The van der Waals surface area contributed by atoms with Crippen LogP contribution in [0.5, 0.6) is 11.5 Å². The van der Waals surface area contributed by atoms with Gasteiger partial charge in [-0.15, -0.1) is 0 Å². The van der Waals surface area contributed by atoms with Crippen LogP contribution in [0, 0.1) is 0 Å². The number of anilines is 1. The predicted molar refractivity (Wildman–Crippen MR) is 126 cm³/mol. The molecule has 0 radical (unpaired) electrons. The summed E-state index contributed by atoms with van der Waals surface area (Å²) in [6.45, 7) is 1.85. The Morgan fingerprint density at radius 1 is 1.03 bits per heavy atom. The maximum Gasteiger partial charge on any atom is 0.225 e. The SMILES string of the molecule is COc1cccc(OC)c1-c1cnc(N(C)C)nc1C1CCCCN1Cc1cccnc1. The van der Waals surface area contributed by atoms with E-state index in [0.717, 1.165) is 54.3 Å². The highest BCUT2D eigenvalue weighted by Crippen LogP contribution is 2.43. The molecule has 1 atom stereocenters. The van der Waals surface area contributed by atoms with Gasteiger partial charge in [-0.2, -0.15) is 0 Å². The van der Waals surface area contributed by atoms with Crippen molar-refractivity contribution in [2.24, 2.45) is 0 Å². The zero-order valence-electron chi connectivity index (χ0n) is 19.3. The van der Waals surface area contributed by atoms with Gasteiger partial charge >= 0.3 is 0 Å². The first-order chi connectivity index (χ1) is 15.6. The highest BCUT2D eigenvalue weighted by Gasteiger charge is 2.30. The van der Waals surface area contributed by atoms with Crippen LogP contribution in [-0.2, 0) is 6.54 Å². The molecule has 1 unspecified atom stereocenters. The number of likely N-dealkylation sites (tertiary alicyclic amines) is 1. The van der Waals surface area contributed by atoms with E-state index in [-0.39, 0.29) is 6.04 Å². The second-order valence-electron chi connectivity index (χ2n) is 8.24. The highest BCUT2D eigenvalue weighted by molar-refractivity contribution is 5.78. The van der Waals surface area contributed by atoms with Crippen molar-refractivity contribution < 1.29 is 9.47 Å². The summed E-state index contributed by atoms with van der Waals surface area (Å²) in [6, 6.07) is 10.1. The van der Waals surface area contributed by atoms with Gasteiger partial charge in [0.05, 0.1) is 31.5 Å². The first kappa shape index (κ1) is 22.0. The minimum Gasteiger partial charge on any atom is -0.496 e. The lowest BCUT2D eigenvalue weighted by molar-refractivity contribution is 0.137. The Kier molecular flexibility index (Phi) is 6.85. The standard InChI is InChI=1S/C25H31N5O2/c1-29(2)25-27-16-19(23-21(31-3)11-7-12-22(23)32-4)24(28-25)20-10-5-6-14-30(20)17-18-9-8-13-26-15-18/h7-9,11-13,15-16,20H,5-6,10,14,17H2,1-4H3. The number of pyridine rings is 1. The normalized spacial score (nSPS) is 16.6.